The van der Waals surface area contributed by atoms with Crippen molar-refractivity contribution in [2.45, 2.75) is 59.2 Å². The molecular formula is C30H34ClN3O2. The Bertz CT molecular complexity index is 1270. The summed E-state index contributed by atoms with van der Waals surface area (Å²) < 4.78 is 8.25. The number of para-hydroxylation sites is 1. The van der Waals surface area contributed by atoms with Gasteiger partial charge in [-0.3, -0.25) is 4.79 Å². The van der Waals surface area contributed by atoms with Gasteiger partial charge in [-0.1, -0.05) is 73.8 Å². The highest BCUT2D eigenvalue weighted by atomic mass is 35.5. The fraction of sp³-hybridized carbons (Fsp3) is 0.333. The molecule has 1 unspecified atom stereocenters. The van der Waals surface area contributed by atoms with E-state index in [9.17, 15) is 4.79 Å². The highest BCUT2D eigenvalue weighted by Gasteiger charge is 2.20. The van der Waals surface area contributed by atoms with Gasteiger partial charge in [-0.2, -0.15) is 0 Å². The Morgan fingerprint density at radius 1 is 1.03 bits per heavy atom. The molecule has 0 bridgehead atoms. The lowest BCUT2D eigenvalue weighted by Gasteiger charge is -2.18. The number of aromatic nitrogens is 2. The van der Waals surface area contributed by atoms with Crippen LogP contribution in [-0.2, 0) is 24.5 Å². The van der Waals surface area contributed by atoms with Gasteiger partial charge in [0.25, 0.3) is 0 Å². The maximum Gasteiger partial charge on any atom is 0.223 e. The van der Waals surface area contributed by atoms with Gasteiger partial charge in [0.2, 0.25) is 5.91 Å². The van der Waals surface area contributed by atoms with Crippen LogP contribution in [0.4, 0.5) is 0 Å². The number of carbonyl (C=O) groups excluding carboxylic acids is 1. The van der Waals surface area contributed by atoms with Gasteiger partial charge in [0.15, 0.2) is 0 Å². The lowest BCUT2D eigenvalue weighted by molar-refractivity contribution is -0.125. The molecule has 1 N–H and O–H groups in total. The third-order valence-corrected chi connectivity index (χ3v) is 6.78. The fourth-order valence-corrected chi connectivity index (χ4v) is 4.57. The predicted molar refractivity (Wildman–Crippen MR) is 146 cm³/mol. The van der Waals surface area contributed by atoms with E-state index in [0.717, 1.165) is 59.4 Å². The van der Waals surface area contributed by atoms with Crippen LogP contribution in [0.25, 0.3) is 11.0 Å². The monoisotopic (exact) mass is 503 g/mol. The van der Waals surface area contributed by atoms with Crippen molar-refractivity contribution < 1.29 is 9.53 Å². The number of nitrogens with zero attached hydrogens (tertiary/aromatic N) is 2. The van der Waals surface area contributed by atoms with Gasteiger partial charge in [-0.05, 0) is 61.2 Å². The molecule has 4 aromatic rings. The summed E-state index contributed by atoms with van der Waals surface area (Å²) in [5, 5.41) is 3.83. The second-order valence-corrected chi connectivity index (χ2v) is 9.63. The average Bonchev–Trinajstić information content (AvgIpc) is 3.26. The predicted octanol–water partition coefficient (Wildman–Crippen LogP) is 7.09. The first-order valence-electron chi connectivity index (χ1n) is 12.7. The summed E-state index contributed by atoms with van der Waals surface area (Å²) in [6, 6.07) is 23.6. The summed E-state index contributed by atoms with van der Waals surface area (Å²) in [6.45, 7) is 5.83. The summed E-state index contributed by atoms with van der Waals surface area (Å²) in [4.78, 5) is 18.1. The van der Waals surface area contributed by atoms with Crippen molar-refractivity contribution in [2.75, 3.05) is 0 Å². The SMILES string of the molecule is CCCCC(CCn1c(COc2ccc(Cl)cc2)nc2c(C)cccc21)C(=O)NCc1ccccc1. The van der Waals surface area contributed by atoms with Crippen LogP contribution in [-0.4, -0.2) is 15.5 Å². The highest BCUT2D eigenvalue weighted by Crippen LogP contribution is 2.24. The Kier molecular flexibility index (Phi) is 9.01. The topological polar surface area (TPSA) is 56.2 Å². The fourth-order valence-electron chi connectivity index (χ4n) is 4.44. The van der Waals surface area contributed by atoms with E-state index < -0.39 is 0 Å². The Morgan fingerprint density at radius 2 is 1.81 bits per heavy atom. The Labute approximate surface area is 218 Å². The van der Waals surface area contributed by atoms with Gasteiger partial charge in [-0.15, -0.1) is 0 Å². The summed E-state index contributed by atoms with van der Waals surface area (Å²) in [7, 11) is 0. The summed E-state index contributed by atoms with van der Waals surface area (Å²) >= 11 is 6.01. The van der Waals surface area contributed by atoms with Crippen LogP contribution in [0, 0.1) is 12.8 Å². The second-order valence-electron chi connectivity index (χ2n) is 9.20. The zero-order valence-corrected chi connectivity index (χ0v) is 21.8. The minimum Gasteiger partial charge on any atom is -0.486 e. The molecule has 1 amide bonds. The van der Waals surface area contributed by atoms with Crippen molar-refractivity contribution in [1.29, 1.82) is 0 Å². The number of hydrogen-bond donors (Lipinski definition) is 1. The number of carbonyl (C=O) groups is 1. The number of amides is 1. The van der Waals surface area contributed by atoms with Gasteiger partial charge < -0.3 is 14.6 Å². The van der Waals surface area contributed by atoms with Crippen LogP contribution in [0.5, 0.6) is 5.75 Å². The number of rotatable bonds is 12. The van der Waals surface area contributed by atoms with Gasteiger partial charge in [0.05, 0.1) is 11.0 Å². The Morgan fingerprint density at radius 3 is 2.56 bits per heavy atom. The maximum absolute atomic E-state index is 13.2. The molecule has 6 heteroatoms. The van der Waals surface area contributed by atoms with E-state index in [-0.39, 0.29) is 11.8 Å². The minimum absolute atomic E-state index is 0.0547. The van der Waals surface area contributed by atoms with E-state index >= 15 is 0 Å². The number of halogens is 1. The van der Waals surface area contributed by atoms with E-state index in [2.05, 4.69) is 41.9 Å². The first kappa shape index (κ1) is 25.8. The van der Waals surface area contributed by atoms with Crippen molar-refractivity contribution >= 4 is 28.5 Å². The van der Waals surface area contributed by atoms with E-state index in [1.807, 2.05) is 54.6 Å². The van der Waals surface area contributed by atoms with Crippen LogP contribution in [0.1, 0.15) is 49.6 Å². The Balaban J connectivity index is 1.50. The van der Waals surface area contributed by atoms with Crippen LogP contribution in [0.15, 0.2) is 72.8 Å². The minimum atomic E-state index is -0.0547. The van der Waals surface area contributed by atoms with Crippen molar-refractivity contribution in [3.8, 4) is 5.75 Å². The number of fused-ring (bicyclic) bond motifs is 1. The summed E-state index contributed by atoms with van der Waals surface area (Å²) in [5.74, 6) is 1.66. The molecule has 0 aliphatic heterocycles. The van der Waals surface area contributed by atoms with E-state index in [4.69, 9.17) is 21.3 Å². The maximum atomic E-state index is 13.2. The van der Waals surface area contributed by atoms with Gasteiger partial charge >= 0.3 is 0 Å². The standard InChI is InChI=1S/C30H34ClN3O2/c1-3-4-12-24(30(35)32-20-23-10-6-5-7-11-23)18-19-34-27-13-8-9-22(2)29(27)33-28(34)21-36-26-16-14-25(31)15-17-26/h5-11,13-17,24H,3-4,12,18-21H2,1-2H3,(H,32,35). The molecule has 1 atom stereocenters. The molecule has 1 aromatic heterocycles. The molecule has 0 radical (unpaired) electrons. The third-order valence-electron chi connectivity index (χ3n) is 6.53. The third kappa shape index (κ3) is 6.67. The van der Waals surface area contributed by atoms with Crippen molar-refractivity contribution in [2.24, 2.45) is 5.92 Å². The molecule has 0 saturated heterocycles. The molecule has 0 saturated carbocycles. The number of ether oxygens (including phenoxy) is 1. The first-order chi connectivity index (χ1) is 17.5. The lowest BCUT2D eigenvalue weighted by Crippen LogP contribution is -2.31. The molecule has 36 heavy (non-hydrogen) atoms. The molecule has 0 fully saturated rings. The molecule has 0 spiro atoms. The van der Waals surface area contributed by atoms with Crippen LogP contribution in [0.3, 0.4) is 0 Å². The number of imidazole rings is 1. The number of unbranched alkanes of at least 4 members (excludes halogenated alkanes) is 1. The second kappa shape index (κ2) is 12.6. The normalized spacial score (nSPS) is 12.0. The largest absolute Gasteiger partial charge is 0.486 e. The number of hydrogen-bond acceptors (Lipinski definition) is 3. The smallest absolute Gasteiger partial charge is 0.223 e. The molecule has 188 valence electrons. The van der Waals surface area contributed by atoms with Crippen molar-refractivity contribution in [1.82, 2.24) is 14.9 Å². The van der Waals surface area contributed by atoms with Crippen LogP contribution < -0.4 is 10.1 Å². The number of nitrogens with one attached hydrogen (secondary N) is 1. The molecule has 1 heterocycles. The summed E-state index contributed by atoms with van der Waals surface area (Å²) in [5.41, 5.74) is 4.29. The number of aryl methyl sites for hydroxylation is 2. The van der Waals surface area contributed by atoms with Gasteiger partial charge in [-0.25, -0.2) is 4.98 Å². The molecule has 4 rings (SSSR count). The van der Waals surface area contributed by atoms with Crippen molar-refractivity contribution in [3.63, 3.8) is 0 Å². The summed E-state index contributed by atoms with van der Waals surface area (Å²) in [6.07, 6.45) is 3.71. The molecule has 0 aliphatic carbocycles. The molecular weight excluding hydrogens is 470 g/mol. The lowest BCUT2D eigenvalue weighted by atomic mass is 9.97. The van der Waals surface area contributed by atoms with E-state index in [0.29, 0.717) is 24.7 Å². The Hall–Kier alpha value is -3.31. The van der Waals surface area contributed by atoms with Crippen LogP contribution >= 0.6 is 11.6 Å². The average molecular weight is 504 g/mol. The molecule has 3 aromatic carbocycles. The van der Waals surface area contributed by atoms with E-state index in [1.54, 1.807) is 0 Å². The quantitative estimate of drug-likeness (QED) is 0.224. The van der Waals surface area contributed by atoms with Crippen molar-refractivity contribution in [3.05, 3.63) is 94.8 Å². The first-order valence-corrected chi connectivity index (χ1v) is 13.1. The van der Waals surface area contributed by atoms with E-state index in [1.165, 1.54) is 0 Å². The highest BCUT2D eigenvalue weighted by molar-refractivity contribution is 6.30. The molecule has 0 aliphatic rings. The van der Waals surface area contributed by atoms with Crippen LogP contribution in [0.2, 0.25) is 5.02 Å². The zero-order chi connectivity index (χ0) is 25.3. The van der Waals surface area contributed by atoms with Gasteiger partial charge in [0, 0.05) is 24.0 Å². The zero-order valence-electron chi connectivity index (χ0n) is 21.0. The number of benzene rings is 3. The van der Waals surface area contributed by atoms with Gasteiger partial charge in [0.1, 0.15) is 18.2 Å². The molecule has 5 nitrogen and oxygen atoms in total.